The van der Waals surface area contributed by atoms with E-state index in [0.717, 1.165) is 0 Å². The minimum absolute atomic E-state index is 0.0139. The van der Waals surface area contributed by atoms with Crippen molar-refractivity contribution in [2.24, 2.45) is 0 Å². The van der Waals surface area contributed by atoms with Crippen molar-refractivity contribution < 1.29 is 14.7 Å². The number of carbonyl (C=O) groups excluding carboxylic acids is 1. The summed E-state index contributed by atoms with van der Waals surface area (Å²) in [5.74, 6) is -0.574. The Bertz CT molecular complexity index is 399. The Morgan fingerprint density at radius 1 is 1.50 bits per heavy atom. The van der Waals surface area contributed by atoms with E-state index in [-0.39, 0.29) is 29.5 Å². The van der Waals surface area contributed by atoms with Crippen LogP contribution in [0.5, 0.6) is 0 Å². The highest BCUT2D eigenvalue weighted by molar-refractivity contribution is 6.37. The fourth-order valence-corrected chi connectivity index (χ4v) is 1.48. The molecule has 0 aromatic heterocycles. The molecule has 0 spiro atoms. The second-order valence-electron chi connectivity index (χ2n) is 2.85. The quantitative estimate of drug-likeness (QED) is 0.434. The average molecular weight is 265 g/mol. The molecule has 0 aliphatic carbocycles. The molecule has 0 fully saturated rings. The molecule has 1 amide bonds. The standard InChI is InChI=1S/C9H10Cl2N2O3/c10-5-3-6(8(12)7(11)4-5)9(15)13-16-2-1-14/h3-4,14H,1-2,12H2,(H,13,15). The van der Waals surface area contributed by atoms with Crippen molar-refractivity contribution in [1.82, 2.24) is 5.48 Å². The normalized spacial score (nSPS) is 10.2. The number of amides is 1. The van der Waals surface area contributed by atoms with Crippen LogP contribution in [0.3, 0.4) is 0 Å². The molecule has 1 aromatic carbocycles. The van der Waals surface area contributed by atoms with Crippen molar-refractivity contribution in [1.29, 1.82) is 0 Å². The van der Waals surface area contributed by atoms with Crippen LogP contribution in [0.4, 0.5) is 5.69 Å². The number of hydrogen-bond acceptors (Lipinski definition) is 4. The molecule has 0 unspecified atom stereocenters. The Labute approximate surface area is 102 Å². The predicted molar refractivity (Wildman–Crippen MR) is 61.4 cm³/mol. The average Bonchev–Trinajstić information content (AvgIpc) is 2.23. The van der Waals surface area contributed by atoms with Crippen molar-refractivity contribution in [2.75, 3.05) is 18.9 Å². The minimum atomic E-state index is -0.574. The number of benzene rings is 1. The van der Waals surface area contributed by atoms with E-state index in [1.54, 1.807) is 0 Å². The monoisotopic (exact) mass is 264 g/mol. The van der Waals surface area contributed by atoms with Gasteiger partial charge in [0.15, 0.2) is 0 Å². The van der Waals surface area contributed by atoms with Crippen LogP contribution >= 0.6 is 23.2 Å². The summed E-state index contributed by atoms with van der Waals surface area (Å²) in [5, 5.41) is 8.94. The van der Waals surface area contributed by atoms with Crippen molar-refractivity contribution in [3.05, 3.63) is 27.7 Å². The lowest BCUT2D eigenvalue weighted by Gasteiger charge is -2.08. The van der Waals surface area contributed by atoms with Gasteiger partial charge in [-0.3, -0.25) is 9.63 Å². The van der Waals surface area contributed by atoms with Gasteiger partial charge >= 0.3 is 0 Å². The predicted octanol–water partition coefficient (Wildman–Crippen LogP) is 1.23. The second-order valence-corrected chi connectivity index (χ2v) is 3.70. The first-order valence-electron chi connectivity index (χ1n) is 4.33. The van der Waals surface area contributed by atoms with Crippen LogP contribution in [0.1, 0.15) is 10.4 Å². The number of carbonyl (C=O) groups is 1. The minimum Gasteiger partial charge on any atom is -0.397 e. The Kier molecular flexibility index (Phi) is 4.82. The SMILES string of the molecule is Nc1c(Cl)cc(Cl)cc1C(=O)NOCCO. The molecule has 0 aliphatic heterocycles. The van der Waals surface area contributed by atoms with Gasteiger partial charge in [-0.15, -0.1) is 0 Å². The van der Waals surface area contributed by atoms with Crippen LogP contribution in [0, 0.1) is 0 Å². The Hall–Kier alpha value is -1.01. The van der Waals surface area contributed by atoms with Crippen LogP contribution in [0.25, 0.3) is 0 Å². The summed E-state index contributed by atoms with van der Waals surface area (Å²) in [6.45, 7) is -0.216. The van der Waals surface area contributed by atoms with Crippen LogP contribution in [0.2, 0.25) is 10.0 Å². The van der Waals surface area contributed by atoms with Crippen molar-refractivity contribution >= 4 is 34.8 Å². The Balaban J connectivity index is 2.82. The molecule has 0 aliphatic rings. The molecular weight excluding hydrogens is 255 g/mol. The van der Waals surface area contributed by atoms with E-state index >= 15 is 0 Å². The van der Waals surface area contributed by atoms with Gasteiger partial charge in [-0.1, -0.05) is 23.2 Å². The van der Waals surface area contributed by atoms with Crippen LogP contribution in [-0.2, 0) is 4.84 Å². The zero-order chi connectivity index (χ0) is 12.1. The summed E-state index contributed by atoms with van der Waals surface area (Å²) < 4.78 is 0. The molecule has 4 N–H and O–H groups in total. The van der Waals surface area contributed by atoms with Gasteiger partial charge in [-0.2, -0.15) is 0 Å². The number of rotatable bonds is 4. The van der Waals surface area contributed by atoms with Crippen LogP contribution < -0.4 is 11.2 Å². The third-order valence-electron chi connectivity index (χ3n) is 1.70. The Morgan fingerprint density at radius 2 is 2.19 bits per heavy atom. The van der Waals surface area contributed by atoms with Gasteiger partial charge in [0.25, 0.3) is 5.91 Å². The molecule has 5 nitrogen and oxygen atoms in total. The van der Waals surface area contributed by atoms with Gasteiger partial charge in [-0.05, 0) is 12.1 Å². The lowest BCUT2D eigenvalue weighted by molar-refractivity contribution is 0.0169. The maximum Gasteiger partial charge on any atom is 0.277 e. The first kappa shape index (κ1) is 13.1. The lowest BCUT2D eigenvalue weighted by Crippen LogP contribution is -2.26. The number of nitrogens with two attached hydrogens (primary N) is 1. The van der Waals surface area contributed by atoms with Gasteiger partial charge < -0.3 is 10.8 Å². The molecule has 0 heterocycles. The summed E-state index contributed by atoms with van der Waals surface area (Å²) in [7, 11) is 0. The molecule has 0 bridgehead atoms. The third-order valence-corrected chi connectivity index (χ3v) is 2.23. The number of hydroxylamine groups is 1. The Morgan fingerprint density at radius 3 is 2.81 bits per heavy atom. The highest BCUT2D eigenvalue weighted by atomic mass is 35.5. The van der Waals surface area contributed by atoms with E-state index < -0.39 is 5.91 Å². The van der Waals surface area contributed by atoms with E-state index in [4.69, 9.17) is 34.0 Å². The first-order chi connectivity index (χ1) is 7.56. The van der Waals surface area contributed by atoms with E-state index in [0.29, 0.717) is 5.02 Å². The number of anilines is 1. The van der Waals surface area contributed by atoms with Crippen LogP contribution in [0.15, 0.2) is 12.1 Å². The number of nitrogens with one attached hydrogen (secondary N) is 1. The number of aliphatic hydroxyl groups excluding tert-OH is 1. The van der Waals surface area contributed by atoms with E-state index in [1.165, 1.54) is 12.1 Å². The molecule has 1 aromatic rings. The summed E-state index contributed by atoms with van der Waals surface area (Å²) >= 11 is 11.5. The molecule has 0 atom stereocenters. The van der Waals surface area contributed by atoms with Crippen molar-refractivity contribution in [2.45, 2.75) is 0 Å². The molecule has 1 rings (SSSR count). The zero-order valence-corrected chi connectivity index (χ0v) is 9.68. The van der Waals surface area contributed by atoms with Gasteiger partial charge in [0.1, 0.15) is 0 Å². The molecule has 16 heavy (non-hydrogen) atoms. The highest BCUT2D eigenvalue weighted by Gasteiger charge is 2.13. The van der Waals surface area contributed by atoms with Crippen molar-refractivity contribution in [3.8, 4) is 0 Å². The van der Waals surface area contributed by atoms with Crippen molar-refractivity contribution in [3.63, 3.8) is 0 Å². The molecular formula is C9H10Cl2N2O3. The maximum atomic E-state index is 11.5. The maximum absolute atomic E-state index is 11.5. The third kappa shape index (κ3) is 3.24. The van der Waals surface area contributed by atoms with E-state index in [9.17, 15) is 4.79 Å². The molecule has 0 saturated carbocycles. The van der Waals surface area contributed by atoms with Gasteiger partial charge in [-0.25, -0.2) is 5.48 Å². The number of hydrogen-bond donors (Lipinski definition) is 3. The van der Waals surface area contributed by atoms with Crippen LogP contribution in [-0.4, -0.2) is 24.2 Å². The molecule has 88 valence electrons. The second kappa shape index (κ2) is 5.91. The largest absolute Gasteiger partial charge is 0.397 e. The fraction of sp³-hybridized carbons (Fsp3) is 0.222. The number of aliphatic hydroxyl groups is 1. The zero-order valence-electron chi connectivity index (χ0n) is 8.17. The van der Waals surface area contributed by atoms with Gasteiger partial charge in [0, 0.05) is 5.02 Å². The topological polar surface area (TPSA) is 84.6 Å². The number of nitrogen functional groups attached to an aromatic ring is 1. The first-order valence-corrected chi connectivity index (χ1v) is 5.09. The molecule has 7 heteroatoms. The molecule has 0 radical (unpaired) electrons. The fourth-order valence-electron chi connectivity index (χ4n) is 0.990. The summed E-state index contributed by atoms with van der Waals surface area (Å²) in [5.41, 5.74) is 7.94. The number of halogens is 2. The summed E-state index contributed by atoms with van der Waals surface area (Å²) in [6, 6.07) is 2.81. The summed E-state index contributed by atoms with van der Waals surface area (Å²) in [6.07, 6.45) is 0. The highest BCUT2D eigenvalue weighted by Crippen LogP contribution is 2.27. The van der Waals surface area contributed by atoms with E-state index in [2.05, 4.69) is 10.3 Å². The summed E-state index contributed by atoms with van der Waals surface area (Å²) in [4.78, 5) is 16.2. The lowest BCUT2D eigenvalue weighted by atomic mass is 10.2. The molecule has 0 saturated heterocycles. The van der Waals surface area contributed by atoms with Gasteiger partial charge in [0.05, 0.1) is 29.5 Å². The smallest absolute Gasteiger partial charge is 0.277 e. The van der Waals surface area contributed by atoms with Gasteiger partial charge in [0.2, 0.25) is 0 Å². The van der Waals surface area contributed by atoms with E-state index in [1.807, 2.05) is 0 Å².